The molecule has 7 nitrogen and oxygen atoms in total. The zero-order valence-electron chi connectivity index (χ0n) is 18.0. The van der Waals surface area contributed by atoms with Crippen molar-refractivity contribution in [2.24, 2.45) is 5.73 Å². The number of ether oxygens (including phenoxy) is 3. The lowest BCUT2D eigenvalue weighted by Gasteiger charge is -2.31. The Labute approximate surface area is 185 Å². The molecule has 3 aromatic rings. The maximum Gasteiger partial charge on any atom is 0.340 e. The maximum absolute atomic E-state index is 13.9. The van der Waals surface area contributed by atoms with Crippen LogP contribution in [0.25, 0.3) is 10.9 Å². The molecule has 1 atom stereocenters. The van der Waals surface area contributed by atoms with Crippen molar-refractivity contribution in [2.75, 3.05) is 13.7 Å². The normalized spacial score (nSPS) is 17.0. The van der Waals surface area contributed by atoms with Crippen molar-refractivity contribution in [3.63, 3.8) is 0 Å². The quantitative estimate of drug-likeness (QED) is 0.637. The zero-order chi connectivity index (χ0) is 22.4. The largest absolute Gasteiger partial charge is 0.497 e. The summed E-state index contributed by atoms with van der Waals surface area (Å²) in [6.07, 6.45) is 1.77. The van der Waals surface area contributed by atoms with Crippen LogP contribution in [0.3, 0.4) is 0 Å². The number of aromatic nitrogens is 1. The average molecular weight is 432 g/mol. The third-order valence-corrected chi connectivity index (χ3v) is 6.16. The first kappa shape index (κ1) is 20.2. The van der Waals surface area contributed by atoms with Gasteiger partial charge in [-0.3, -0.25) is 4.79 Å². The summed E-state index contributed by atoms with van der Waals surface area (Å²) in [6, 6.07) is 13.2. The SMILES string of the molecule is CCOC(=O)C1=C(N)Oc2c(c(=O)n3c4c(cccc24)CCC3)C1c1cccc(OC)c1. The molecule has 2 N–H and O–H groups in total. The molecular weight excluding hydrogens is 408 g/mol. The van der Waals surface area contributed by atoms with Crippen LogP contribution in [0.2, 0.25) is 0 Å². The number of esters is 1. The van der Waals surface area contributed by atoms with Gasteiger partial charge in [0.2, 0.25) is 5.88 Å². The first-order valence-corrected chi connectivity index (χ1v) is 10.7. The van der Waals surface area contributed by atoms with E-state index in [0.29, 0.717) is 29.2 Å². The molecule has 0 bridgehead atoms. The van der Waals surface area contributed by atoms with Crippen molar-refractivity contribution in [1.29, 1.82) is 0 Å². The molecule has 32 heavy (non-hydrogen) atoms. The molecule has 0 spiro atoms. The van der Waals surface area contributed by atoms with Crippen LogP contribution in [-0.4, -0.2) is 24.3 Å². The fraction of sp³-hybridized carbons (Fsp3) is 0.280. The van der Waals surface area contributed by atoms with Crippen molar-refractivity contribution in [1.82, 2.24) is 4.57 Å². The highest BCUT2D eigenvalue weighted by Gasteiger charge is 2.39. The van der Waals surface area contributed by atoms with Gasteiger partial charge in [0.25, 0.3) is 5.56 Å². The summed E-state index contributed by atoms with van der Waals surface area (Å²) in [4.78, 5) is 26.8. The number of nitrogens with zero attached hydrogens (tertiary/aromatic N) is 1. The Morgan fingerprint density at radius 1 is 1.25 bits per heavy atom. The Morgan fingerprint density at radius 3 is 2.84 bits per heavy atom. The van der Waals surface area contributed by atoms with Gasteiger partial charge in [-0.2, -0.15) is 0 Å². The molecule has 1 unspecified atom stereocenters. The van der Waals surface area contributed by atoms with E-state index < -0.39 is 11.9 Å². The van der Waals surface area contributed by atoms with Crippen LogP contribution in [0.5, 0.6) is 11.5 Å². The molecule has 0 saturated carbocycles. The Morgan fingerprint density at radius 2 is 2.06 bits per heavy atom. The van der Waals surface area contributed by atoms with E-state index in [2.05, 4.69) is 0 Å². The number of rotatable bonds is 4. The molecule has 0 fully saturated rings. The number of carbonyl (C=O) groups is 1. The smallest absolute Gasteiger partial charge is 0.340 e. The van der Waals surface area contributed by atoms with E-state index in [9.17, 15) is 9.59 Å². The van der Waals surface area contributed by atoms with Gasteiger partial charge in [-0.15, -0.1) is 0 Å². The molecule has 2 aliphatic rings. The van der Waals surface area contributed by atoms with E-state index in [1.54, 1.807) is 18.6 Å². The summed E-state index contributed by atoms with van der Waals surface area (Å²) in [5.74, 6) is -0.371. The van der Waals surface area contributed by atoms with Gasteiger partial charge in [-0.1, -0.05) is 24.3 Å². The van der Waals surface area contributed by atoms with Gasteiger partial charge in [-0.05, 0) is 49.1 Å². The van der Waals surface area contributed by atoms with E-state index in [1.807, 2.05) is 42.5 Å². The molecule has 2 aromatic carbocycles. The fourth-order valence-corrected chi connectivity index (χ4v) is 4.82. The van der Waals surface area contributed by atoms with Crippen molar-refractivity contribution < 1.29 is 19.0 Å². The van der Waals surface area contributed by atoms with Crippen LogP contribution in [0.4, 0.5) is 0 Å². The van der Waals surface area contributed by atoms with Crippen LogP contribution in [0, 0.1) is 0 Å². The Bertz CT molecular complexity index is 1340. The summed E-state index contributed by atoms with van der Waals surface area (Å²) in [7, 11) is 1.57. The summed E-state index contributed by atoms with van der Waals surface area (Å²) in [5, 5.41) is 0.815. The Balaban J connectivity index is 1.86. The highest BCUT2D eigenvalue weighted by Crippen LogP contribution is 2.45. The predicted molar refractivity (Wildman–Crippen MR) is 120 cm³/mol. The third kappa shape index (κ3) is 2.96. The number of aryl methyl sites for hydroxylation is 2. The highest BCUT2D eigenvalue weighted by molar-refractivity contribution is 5.96. The number of para-hydroxylation sites is 1. The fourth-order valence-electron chi connectivity index (χ4n) is 4.82. The third-order valence-electron chi connectivity index (χ3n) is 6.16. The van der Waals surface area contributed by atoms with Crippen molar-refractivity contribution in [3.8, 4) is 11.5 Å². The second kappa shape index (κ2) is 7.75. The lowest BCUT2D eigenvalue weighted by Crippen LogP contribution is -2.35. The van der Waals surface area contributed by atoms with E-state index >= 15 is 0 Å². The van der Waals surface area contributed by atoms with Gasteiger partial charge in [-0.25, -0.2) is 4.79 Å². The second-order valence-electron chi connectivity index (χ2n) is 7.93. The number of hydrogen-bond donors (Lipinski definition) is 1. The molecule has 0 saturated heterocycles. The van der Waals surface area contributed by atoms with Gasteiger partial charge in [0.05, 0.1) is 30.7 Å². The van der Waals surface area contributed by atoms with Crippen LogP contribution in [-0.2, 0) is 22.5 Å². The standard InChI is InChI=1S/C25H24N2O5/c1-3-31-25(29)20-18(15-8-4-10-16(13-15)30-2)19-22(32-23(20)26)17-11-5-7-14-9-6-12-27(21(14)17)24(19)28/h4-5,7-8,10-11,13,18H,3,6,9,12,26H2,1-2H3. The maximum atomic E-state index is 13.9. The first-order valence-electron chi connectivity index (χ1n) is 10.7. The number of carbonyl (C=O) groups excluding carboxylic acids is 1. The number of nitrogens with two attached hydrogens (primary N) is 1. The van der Waals surface area contributed by atoms with Crippen molar-refractivity contribution in [2.45, 2.75) is 32.2 Å². The molecule has 3 heterocycles. The average Bonchev–Trinajstić information content (AvgIpc) is 2.81. The molecule has 164 valence electrons. The van der Waals surface area contributed by atoms with Gasteiger partial charge < -0.3 is 24.5 Å². The van der Waals surface area contributed by atoms with E-state index in [4.69, 9.17) is 19.9 Å². The summed E-state index contributed by atoms with van der Waals surface area (Å²) in [6.45, 7) is 2.51. The van der Waals surface area contributed by atoms with Crippen LogP contribution >= 0.6 is 0 Å². The summed E-state index contributed by atoms with van der Waals surface area (Å²) < 4.78 is 18.5. The summed E-state index contributed by atoms with van der Waals surface area (Å²) >= 11 is 0. The lowest BCUT2D eigenvalue weighted by atomic mass is 9.82. The Kier molecular flexibility index (Phi) is 4.89. The van der Waals surface area contributed by atoms with Gasteiger partial charge in [0.15, 0.2) is 0 Å². The van der Waals surface area contributed by atoms with Crippen LogP contribution in [0.1, 0.15) is 36.0 Å². The molecular formula is C25H24N2O5. The first-order chi connectivity index (χ1) is 15.5. The van der Waals surface area contributed by atoms with Crippen molar-refractivity contribution >= 4 is 16.9 Å². The highest BCUT2D eigenvalue weighted by atomic mass is 16.5. The molecule has 0 radical (unpaired) electrons. The molecule has 1 aromatic heterocycles. The number of methoxy groups -OCH3 is 1. The van der Waals surface area contributed by atoms with Crippen LogP contribution in [0.15, 0.2) is 58.7 Å². The minimum Gasteiger partial charge on any atom is -0.497 e. The van der Waals surface area contributed by atoms with Gasteiger partial charge in [0.1, 0.15) is 17.1 Å². The molecule has 5 rings (SSSR count). The topological polar surface area (TPSA) is 92.8 Å². The van der Waals surface area contributed by atoms with Gasteiger partial charge >= 0.3 is 5.97 Å². The number of hydrogen-bond acceptors (Lipinski definition) is 6. The molecule has 2 aliphatic heterocycles. The van der Waals surface area contributed by atoms with Crippen molar-refractivity contribution in [3.05, 3.63) is 81.0 Å². The molecule has 0 amide bonds. The van der Waals surface area contributed by atoms with E-state index in [-0.39, 0.29) is 23.6 Å². The molecule has 0 aliphatic carbocycles. The minimum atomic E-state index is -0.737. The minimum absolute atomic E-state index is 0.0512. The number of fused-ring (bicyclic) bond motifs is 2. The monoisotopic (exact) mass is 432 g/mol. The second-order valence-corrected chi connectivity index (χ2v) is 7.93. The zero-order valence-corrected chi connectivity index (χ0v) is 18.0. The van der Waals surface area contributed by atoms with E-state index in [1.165, 1.54) is 0 Å². The number of benzene rings is 2. The predicted octanol–water partition coefficient (Wildman–Crippen LogP) is 3.21. The lowest BCUT2D eigenvalue weighted by molar-refractivity contribution is -0.139. The number of pyridine rings is 1. The van der Waals surface area contributed by atoms with Crippen LogP contribution < -0.4 is 20.8 Å². The van der Waals surface area contributed by atoms with Gasteiger partial charge in [0, 0.05) is 11.9 Å². The Hall–Kier alpha value is -3.74. The van der Waals surface area contributed by atoms with E-state index in [0.717, 1.165) is 29.3 Å². The molecule has 7 heteroatoms. The summed E-state index contributed by atoms with van der Waals surface area (Å²) in [5.41, 5.74) is 9.33.